The molecule has 4 aromatic rings. The Balaban J connectivity index is 1.55. The quantitative estimate of drug-likeness (QED) is 0.561. The fourth-order valence-electron chi connectivity index (χ4n) is 3.01. The lowest BCUT2D eigenvalue weighted by Crippen LogP contribution is -2.29. The van der Waals surface area contributed by atoms with E-state index in [-0.39, 0.29) is 11.9 Å². The van der Waals surface area contributed by atoms with Gasteiger partial charge in [0.2, 0.25) is 0 Å². The smallest absolute Gasteiger partial charge is 0.274 e. The van der Waals surface area contributed by atoms with E-state index in [2.05, 4.69) is 15.1 Å². The highest BCUT2D eigenvalue weighted by atomic mass is 16.2. The van der Waals surface area contributed by atoms with Crippen molar-refractivity contribution in [1.29, 1.82) is 0 Å². The molecule has 4 rings (SSSR count). The minimum absolute atomic E-state index is 0.0890. The van der Waals surface area contributed by atoms with Crippen molar-refractivity contribution >= 4 is 11.6 Å². The second-order valence-corrected chi connectivity index (χ2v) is 6.62. The van der Waals surface area contributed by atoms with Crippen molar-refractivity contribution in [2.45, 2.75) is 19.9 Å². The van der Waals surface area contributed by atoms with Crippen molar-refractivity contribution in [1.82, 2.24) is 29.0 Å². The highest BCUT2D eigenvalue weighted by molar-refractivity contribution is 5.93. The number of hydrogen-bond acceptors (Lipinski definition) is 4. The zero-order chi connectivity index (χ0) is 19.0. The van der Waals surface area contributed by atoms with Crippen molar-refractivity contribution in [2.24, 2.45) is 0 Å². The lowest BCUT2D eigenvalue weighted by atomic mass is 10.1. The van der Waals surface area contributed by atoms with E-state index in [1.54, 1.807) is 29.2 Å². The molecule has 0 aliphatic carbocycles. The van der Waals surface area contributed by atoms with Crippen molar-refractivity contribution in [3.05, 3.63) is 78.3 Å². The van der Waals surface area contributed by atoms with Gasteiger partial charge in [-0.05, 0) is 49.2 Å². The zero-order valence-corrected chi connectivity index (χ0v) is 15.4. The lowest BCUT2D eigenvalue weighted by Gasteiger charge is -2.24. The van der Waals surface area contributed by atoms with E-state index >= 15 is 0 Å². The van der Waals surface area contributed by atoms with Crippen LogP contribution in [0.15, 0.2) is 61.4 Å². The Morgan fingerprint density at radius 2 is 1.96 bits per heavy atom. The normalized spacial score (nSPS) is 12.3. The molecule has 0 fully saturated rings. The van der Waals surface area contributed by atoms with Crippen LogP contribution in [0.1, 0.15) is 34.6 Å². The van der Waals surface area contributed by atoms with Gasteiger partial charge in [0.25, 0.3) is 5.91 Å². The van der Waals surface area contributed by atoms with E-state index in [0.29, 0.717) is 5.69 Å². The average molecular weight is 360 g/mol. The molecule has 0 spiro atoms. The Hall–Kier alpha value is -3.48. The molecule has 0 N–H and O–H groups in total. The van der Waals surface area contributed by atoms with Gasteiger partial charge < -0.3 is 9.30 Å². The SMILES string of the molecule is Cc1ccn2cc(C(=O)N(C)[C@@H](C)c3ccc(-n4cncn4)cc3)nc2c1. The number of fused-ring (bicyclic) bond motifs is 1. The minimum atomic E-state index is -0.107. The van der Waals surface area contributed by atoms with Gasteiger partial charge in [-0.25, -0.2) is 14.6 Å². The second-order valence-electron chi connectivity index (χ2n) is 6.62. The van der Waals surface area contributed by atoms with Crippen LogP contribution in [0.2, 0.25) is 0 Å². The van der Waals surface area contributed by atoms with Crippen molar-refractivity contribution in [2.75, 3.05) is 7.05 Å². The number of imidazole rings is 1. The summed E-state index contributed by atoms with van der Waals surface area (Å²) in [5.74, 6) is -0.107. The summed E-state index contributed by atoms with van der Waals surface area (Å²) < 4.78 is 3.56. The average Bonchev–Trinajstić information content (AvgIpc) is 3.36. The number of nitrogens with zero attached hydrogens (tertiary/aromatic N) is 6. The summed E-state index contributed by atoms with van der Waals surface area (Å²) in [4.78, 5) is 23.0. The van der Waals surface area contributed by atoms with Crippen LogP contribution in [0.4, 0.5) is 0 Å². The topological polar surface area (TPSA) is 68.3 Å². The van der Waals surface area contributed by atoms with Gasteiger partial charge in [0.05, 0.1) is 11.7 Å². The summed E-state index contributed by atoms with van der Waals surface area (Å²) in [6.45, 7) is 4.01. The Kier molecular flexibility index (Phi) is 4.19. The number of aryl methyl sites for hydroxylation is 1. The summed E-state index contributed by atoms with van der Waals surface area (Å²) in [5.41, 5.74) is 4.29. The Morgan fingerprint density at radius 1 is 1.19 bits per heavy atom. The van der Waals surface area contributed by atoms with E-state index in [1.807, 2.05) is 60.8 Å². The van der Waals surface area contributed by atoms with Gasteiger partial charge in [-0.3, -0.25) is 4.79 Å². The fourth-order valence-corrected chi connectivity index (χ4v) is 3.01. The molecule has 1 aromatic carbocycles. The summed E-state index contributed by atoms with van der Waals surface area (Å²) in [7, 11) is 1.80. The number of pyridine rings is 1. The minimum Gasteiger partial charge on any atom is -0.334 e. The maximum absolute atomic E-state index is 12.9. The summed E-state index contributed by atoms with van der Waals surface area (Å²) in [5, 5.41) is 4.12. The number of benzene rings is 1. The standard InChI is InChI=1S/C20H20N6O/c1-14-8-9-25-11-18(23-19(25)10-14)20(27)24(3)15(2)16-4-6-17(7-5-16)26-13-21-12-22-26/h4-13,15H,1-3H3/t15-/m0/s1. The first-order chi connectivity index (χ1) is 13.0. The number of aromatic nitrogens is 5. The molecule has 3 aromatic heterocycles. The molecular formula is C20H20N6O. The largest absolute Gasteiger partial charge is 0.334 e. The van der Waals surface area contributed by atoms with E-state index in [9.17, 15) is 4.79 Å². The molecule has 0 aliphatic rings. The Bertz CT molecular complexity index is 1080. The predicted octanol–water partition coefficient (Wildman–Crippen LogP) is 3.06. The van der Waals surface area contributed by atoms with Crippen LogP contribution in [0, 0.1) is 6.92 Å². The molecule has 136 valence electrons. The Morgan fingerprint density at radius 3 is 2.67 bits per heavy atom. The van der Waals surface area contributed by atoms with E-state index in [1.165, 1.54) is 6.33 Å². The summed E-state index contributed by atoms with van der Waals surface area (Å²) in [6, 6.07) is 11.8. The van der Waals surface area contributed by atoms with E-state index in [4.69, 9.17) is 0 Å². The molecule has 0 radical (unpaired) electrons. The maximum atomic E-state index is 12.9. The number of amides is 1. The Labute approximate surface area is 156 Å². The van der Waals surface area contributed by atoms with Crippen molar-refractivity contribution < 1.29 is 4.79 Å². The second kappa shape index (κ2) is 6.68. The van der Waals surface area contributed by atoms with Gasteiger partial charge in [0.1, 0.15) is 24.0 Å². The number of carbonyl (C=O) groups is 1. The van der Waals surface area contributed by atoms with Crippen LogP contribution >= 0.6 is 0 Å². The number of hydrogen-bond donors (Lipinski definition) is 0. The van der Waals surface area contributed by atoms with Crippen LogP contribution in [-0.4, -0.2) is 42.0 Å². The molecule has 7 heteroatoms. The number of carbonyl (C=O) groups excluding carboxylic acids is 1. The maximum Gasteiger partial charge on any atom is 0.274 e. The van der Waals surface area contributed by atoms with Gasteiger partial charge in [0, 0.05) is 19.4 Å². The molecule has 0 saturated carbocycles. The van der Waals surface area contributed by atoms with E-state index < -0.39 is 0 Å². The third-order valence-corrected chi connectivity index (χ3v) is 4.79. The molecule has 0 unspecified atom stereocenters. The molecule has 27 heavy (non-hydrogen) atoms. The first kappa shape index (κ1) is 17.0. The third kappa shape index (κ3) is 3.19. The molecule has 1 atom stereocenters. The zero-order valence-electron chi connectivity index (χ0n) is 15.4. The predicted molar refractivity (Wildman–Crippen MR) is 102 cm³/mol. The molecule has 3 heterocycles. The van der Waals surface area contributed by atoms with Gasteiger partial charge >= 0.3 is 0 Å². The fraction of sp³-hybridized carbons (Fsp3) is 0.200. The first-order valence-corrected chi connectivity index (χ1v) is 8.70. The van der Waals surface area contributed by atoms with Crippen molar-refractivity contribution in [3.8, 4) is 5.69 Å². The highest BCUT2D eigenvalue weighted by Gasteiger charge is 2.21. The molecule has 7 nitrogen and oxygen atoms in total. The van der Waals surface area contributed by atoms with Crippen LogP contribution in [-0.2, 0) is 0 Å². The van der Waals surface area contributed by atoms with Crippen molar-refractivity contribution in [3.63, 3.8) is 0 Å². The highest BCUT2D eigenvalue weighted by Crippen LogP contribution is 2.22. The molecule has 0 bridgehead atoms. The van der Waals surface area contributed by atoms with Gasteiger partial charge in [-0.15, -0.1) is 0 Å². The van der Waals surface area contributed by atoms with Crippen LogP contribution in [0.3, 0.4) is 0 Å². The monoisotopic (exact) mass is 360 g/mol. The number of rotatable bonds is 4. The molecule has 1 amide bonds. The van der Waals surface area contributed by atoms with Crippen LogP contribution in [0.25, 0.3) is 11.3 Å². The van der Waals surface area contributed by atoms with Crippen LogP contribution < -0.4 is 0 Å². The summed E-state index contributed by atoms with van der Waals surface area (Å²) >= 11 is 0. The van der Waals surface area contributed by atoms with Gasteiger partial charge in [-0.1, -0.05) is 12.1 Å². The molecule has 0 aliphatic heterocycles. The van der Waals surface area contributed by atoms with E-state index in [0.717, 1.165) is 22.5 Å². The molecule has 0 saturated heterocycles. The third-order valence-electron chi connectivity index (χ3n) is 4.79. The lowest BCUT2D eigenvalue weighted by molar-refractivity contribution is 0.0737. The van der Waals surface area contributed by atoms with Gasteiger partial charge in [0.15, 0.2) is 0 Å². The first-order valence-electron chi connectivity index (χ1n) is 8.70. The molecular weight excluding hydrogens is 340 g/mol. The van der Waals surface area contributed by atoms with Gasteiger partial charge in [-0.2, -0.15) is 5.10 Å². The van der Waals surface area contributed by atoms with Crippen LogP contribution in [0.5, 0.6) is 0 Å². The summed E-state index contributed by atoms with van der Waals surface area (Å²) in [6.07, 6.45) is 6.84.